The number of aromatic nitrogens is 2. The first-order valence-electron chi connectivity index (χ1n) is 6.71. The molecule has 6 heteroatoms. The van der Waals surface area contributed by atoms with Crippen LogP contribution in [0.25, 0.3) is 0 Å². The van der Waals surface area contributed by atoms with Crippen LogP contribution in [-0.2, 0) is 0 Å². The number of carbonyl (C=O) groups excluding carboxylic acids is 1. The summed E-state index contributed by atoms with van der Waals surface area (Å²) in [7, 11) is 0. The summed E-state index contributed by atoms with van der Waals surface area (Å²) in [5.41, 5.74) is 5.91. The number of nitrogens with one attached hydrogen (secondary N) is 1. The smallest absolute Gasteiger partial charge is 0.273 e. The summed E-state index contributed by atoms with van der Waals surface area (Å²) in [5.74, 6) is 1.05. The fourth-order valence-corrected chi connectivity index (χ4v) is 3.63. The number of carbonyl (C=O) groups is 1. The number of amides is 1. The number of thioether (sulfide) groups is 1. The van der Waals surface area contributed by atoms with Crippen LogP contribution in [0, 0.1) is 0 Å². The highest BCUT2D eigenvalue weighted by atomic mass is 32.2. The molecule has 0 aliphatic heterocycles. The fourth-order valence-electron chi connectivity index (χ4n) is 2.44. The summed E-state index contributed by atoms with van der Waals surface area (Å²) in [4.78, 5) is 20.1. The van der Waals surface area contributed by atoms with Gasteiger partial charge in [0.25, 0.3) is 5.91 Å². The van der Waals surface area contributed by atoms with Gasteiger partial charge in [0.05, 0.1) is 0 Å². The summed E-state index contributed by atoms with van der Waals surface area (Å²) in [6.07, 6.45) is 7.59. The standard InChI is InChI=1S/C13H20N4OS/c1-2-19-10-6-4-3-5-9(10)17-13(18)11-12(14)16-8-7-15-11/h7-10H,2-6H2,1H3,(H2,14,16)(H,17,18). The van der Waals surface area contributed by atoms with Crippen molar-refractivity contribution < 1.29 is 4.79 Å². The van der Waals surface area contributed by atoms with Crippen LogP contribution in [-0.4, -0.2) is 32.9 Å². The van der Waals surface area contributed by atoms with E-state index in [2.05, 4.69) is 22.2 Å². The van der Waals surface area contributed by atoms with Crippen LogP contribution in [0.5, 0.6) is 0 Å². The summed E-state index contributed by atoms with van der Waals surface area (Å²) < 4.78 is 0. The van der Waals surface area contributed by atoms with Gasteiger partial charge < -0.3 is 11.1 Å². The number of hydrogen-bond donors (Lipinski definition) is 2. The van der Waals surface area contributed by atoms with Crippen molar-refractivity contribution in [2.24, 2.45) is 0 Å². The largest absolute Gasteiger partial charge is 0.382 e. The SMILES string of the molecule is CCSC1CCCCC1NC(=O)c1nccnc1N. The summed E-state index contributed by atoms with van der Waals surface area (Å²) in [5, 5.41) is 3.57. The maximum atomic E-state index is 12.2. The summed E-state index contributed by atoms with van der Waals surface area (Å²) in [6.45, 7) is 2.15. The third kappa shape index (κ3) is 3.59. The number of nitrogens with zero attached hydrogens (tertiary/aromatic N) is 2. The van der Waals surface area contributed by atoms with Gasteiger partial charge in [-0.1, -0.05) is 19.8 Å². The van der Waals surface area contributed by atoms with Crippen molar-refractivity contribution in [1.82, 2.24) is 15.3 Å². The molecule has 19 heavy (non-hydrogen) atoms. The monoisotopic (exact) mass is 280 g/mol. The van der Waals surface area contributed by atoms with Crippen LogP contribution in [0.3, 0.4) is 0 Å². The van der Waals surface area contributed by atoms with Gasteiger partial charge in [0.1, 0.15) is 0 Å². The quantitative estimate of drug-likeness (QED) is 0.879. The molecule has 0 bridgehead atoms. The summed E-state index contributed by atoms with van der Waals surface area (Å²) in [6, 6.07) is 0.215. The molecule has 3 N–H and O–H groups in total. The van der Waals surface area contributed by atoms with Gasteiger partial charge in [0, 0.05) is 23.7 Å². The Morgan fingerprint density at radius 1 is 1.42 bits per heavy atom. The van der Waals surface area contributed by atoms with Crippen LogP contribution in [0.1, 0.15) is 43.1 Å². The van der Waals surface area contributed by atoms with Crippen LogP contribution < -0.4 is 11.1 Å². The van der Waals surface area contributed by atoms with E-state index in [0.29, 0.717) is 5.25 Å². The summed E-state index contributed by atoms with van der Waals surface area (Å²) >= 11 is 1.92. The Morgan fingerprint density at radius 3 is 2.89 bits per heavy atom. The van der Waals surface area contributed by atoms with Gasteiger partial charge in [-0.05, 0) is 18.6 Å². The molecule has 0 aromatic carbocycles. The Balaban J connectivity index is 2.03. The van der Waals surface area contributed by atoms with E-state index < -0.39 is 0 Å². The van der Waals surface area contributed by atoms with Gasteiger partial charge in [-0.25, -0.2) is 9.97 Å². The normalized spacial score (nSPS) is 23.0. The highest BCUT2D eigenvalue weighted by molar-refractivity contribution is 7.99. The van der Waals surface area contributed by atoms with Crippen LogP contribution >= 0.6 is 11.8 Å². The molecular formula is C13H20N4OS. The molecule has 1 aliphatic rings. The molecular weight excluding hydrogens is 260 g/mol. The second kappa shape index (κ2) is 6.75. The van der Waals surface area contributed by atoms with E-state index in [1.807, 2.05) is 11.8 Å². The van der Waals surface area contributed by atoms with Crippen molar-refractivity contribution in [2.75, 3.05) is 11.5 Å². The van der Waals surface area contributed by atoms with Crippen LogP contribution in [0.4, 0.5) is 5.82 Å². The highest BCUT2D eigenvalue weighted by Crippen LogP contribution is 2.28. The molecule has 1 amide bonds. The van der Waals surface area contributed by atoms with Crippen molar-refractivity contribution in [3.05, 3.63) is 18.1 Å². The zero-order chi connectivity index (χ0) is 13.7. The lowest BCUT2D eigenvalue weighted by Crippen LogP contribution is -2.44. The lowest BCUT2D eigenvalue weighted by molar-refractivity contribution is 0.0925. The van der Waals surface area contributed by atoms with E-state index in [1.54, 1.807) is 0 Å². The van der Waals surface area contributed by atoms with E-state index in [9.17, 15) is 4.79 Å². The molecule has 2 atom stereocenters. The second-order valence-corrected chi connectivity index (χ2v) is 6.16. The average Bonchev–Trinajstić information content (AvgIpc) is 2.41. The van der Waals surface area contributed by atoms with Gasteiger partial charge in [-0.2, -0.15) is 11.8 Å². The van der Waals surface area contributed by atoms with Gasteiger partial charge in [0.15, 0.2) is 11.5 Å². The Labute approximate surface area is 117 Å². The number of rotatable bonds is 4. The van der Waals surface area contributed by atoms with Crippen molar-refractivity contribution in [1.29, 1.82) is 0 Å². The third-order valence-electron chi connectivity index (χ3n) is 3.34. The van der Waals surface area contributed by atoms with Crippen LogP contribution in [0.15, 0.2) is 12.4 Å². The molecule has 1 aliphatic carbocycles. The predicted molar refractivity (Wildman–Crippen MR) is 78.1 cm³/mol. The molecule has 5 nitrogen and oxygen atoms in total. The molecule has 104 valence electrons. The van der Waals surface area contributed by atoms with Crippen molar-refractivity contribution >= 4 is 23.5 Å². The first kappa shape index (κ1) is 14.1. The first-order valence-corrected chi connectivity index (χ1v) is 7.76. The van der Waals surface area contributed by atoms with Gasteiger partial charge in [0.2, 0.25) is 0 Å². The topological polar surface area (TPSA) is 80.9 Å². The molecule has 1 aromatic rings. The number of hydrogen-bond acceptors (Lipinski definition) is 5. The van der Waals surface area contributed by atoms with Gasteiger partial charge >= 0.3 is 0 Å². The van der Waals surface area contributed by atoms with E-state index in [4.69, 9.17) is 5.73 Å². The molecule has 0 radical (unpaired) electrons. The lowest BCUT2D eigenvalue weighted by Gasteiger charge is -2.31. The minimum atomic E-state index is -0.209. The lowest BCUT2D eigenvalue weighted by atomic mass is 9.95. The van der Waals surface area contributed by atoms with Crippen molar-refractivity contribution in [3.8, 4) is 0 Å². The number of anilines is 1. The zero-order valence-corrected chi connectivity index (χ0v) is 11.9. The Kier molecular flexibility index (Phi) is 5.01. The van der Waals surface area contributed by atoms with Crippen molar-refractivity contribution in [3.63, 3.8) is 0 Å². The molecule has 0 saturated heterocycles. The molecule has 0 spiro atoms. The Bertz CT molecular complexity index is 438. The van der Waals surface area contributed by atoms with Crippen molar-refractivity contribution in [2.45, 2.75) is 43.9 Å². The minimum absolute atomic E-state index is 0.190. The minimum Gasteiger partial charge on any atom is -0.382 e. The first-order chi connectivity index (χ1) is 9.22. The number of nitrogens with two attached hydrogens (primary N) is 1. The maximum absolute atomic E-state index is 12.2. The Hall–Kier alpha value is -1.30. The Morgan fingerprint density at radius 2 is 2.16 bits per heavy atom. The average molecular weight is 280 g/mol. The van der Waals surface area contributed by atoms with Gasteiger partial charge in [-0.3, -0.25) is 4.79 Å². The fraction of sp³-hybridized carbons (Fsp3) is 0.615. The predicted octanol–water partition coefficient (Wildman–Crippen LogP) is 1.85. The molecule has 2 rings (SSSR count). The molecule has 1 heterocycles. The second-order valence-electron chi connectivity index (χ2n) is 4.65. The van der Waals surface area contributed by atoms with E-state index in [-0.39, 0.29) is 23.5 Å². The number of nitrogen functional groups attached to an aromatic ring is 1. The molecule has 2 unspecified atom stereocenters. The highest BCUT2D eigenvalue weighted by Gasteiger charge is 2.27. The van der Waals surface area contributed by atoms with Crippen LogP contribution in [0.2, 0.25) is 0 Å². The van der Waals surface area contributed by atoms with E-state index in [0.717, 1.165) is 12.2 Å². The molecule has 1 fully saturated rings. The molecule has 1 saturated carbocycles. The van der Waals surface area contributed by atoms with Gasteiger partial charge in [-0.15, -0.1) is 0 Å². The van der Waals surface area contributed by atoms with E-state index >= 15 is 0 Å². The molecule has 1 aromatic heterocycles. The van der Waals surface area contributed by atoms with E-state index in [1.165, 1.54) is 31.7 Å². The maximum Gasteiger partial charge on any atom is 0.273 e. The zero-order valence-electron chi connectivity index (χ0n) is 11.1. The third-order valence-corrected chi connectivity index (χ3v) is 4.67.